The molecule has 26 heavy (non-hydrogen) atoms. The molecule has 3 rings (SSSR count). The van der Waals surface area contributed by atoms with E-state index < -0.39 is 0 Å². The number of anilines is 2. The molecule has 1 aromatic heterocycles. The number of rotatable bonds is 6. The third-order valence-electron chi connectivity index (χ3n) is 3.46. The Hall–Kier alpha value is -3.06. The third-order valence-corrected chi connectivity index (χ3v) is 4.22. The van der Waals surface area contributed by atoms with Crippen molar-refractivity contribution in [3.05, 3.63) is 60.2 Å². The number of para-hydroxylation sites is 3. The normalized spacial score (nSPS) is 10.6. The van der Waals surface area contributed by atoms with Gasteiger partial charge in [-0.3, -0.25) is 5.41 Å². The van der Waals surface area contributed by atoms with Gasteiger partial charge in [0.15, 0.2) is 5.75 Å². The van der Waals surface area contributed by atoms with Crippen LogP contribution >= 0.6 is 11.5 Å². The molecule has 0 radical (unpaired) electrons. The Morgan fingerprint density at radius 2 is 1.81 bits per heavy atom. The second kappa shape index (κ2) is 7.88. The van der Waals surface area contributed by atoms with Crippen LogP contribution in [0, 0.1) is 5.41 Å². The molecule has 4 N–H and O–H groups in total. The van der Waals surface area contributed by atoms with Gasteiger partial charge in [-0.25, -0.2) is 0 Å². The maximum atomic E-state index is 10.0. The van der Waals surface area contributed by atoms with Crippen molar-refractivity contribution in [3.8, 4) is 17.4 Å². The second-order valence-corrected chi connectivity index (χ2v) is 6.69. The average molecular weight is 368 g/mol. The van der Waals surface area contributed by atoms with Gasteiger partial charge < -0.3 is 20.5 Å². The van der Waals surface area contributed by atoms with Gasteiger partial charge in [-0.2, -0.15) is 4.37 Å². The predicted molar refractivity (Wildman–Crippen MR) is 105 cm³/mol. The second-order valence-electron chi connectivity index (χ2n) is 5.92. The minimum atomic E-state index is -0.169. The highest BCUT2D eigenvalue weighted by atomic mass is 32.1. The first-order chi connectivity index (χ1) is 12.5. The van der Waals surface area contributed by atoms with Crippen molar-refractivity contribution >= 4 is 28.1 Å². The molecule has 0 unspecified atom stereocenters. The van der Waals surface area contributed by atoms with Crippen molar-refractivity contribution in [2.45, 2.75) is 19.9 Å². The van der Waals surface area contributed by atoms with Gasteiger partial charge in [-0.05, 0) is 49.6 Å². The standard InChI is InChI=1S/C19H20N4O2S/c1-12(2)21-17(20)16-18(24)23-26-19(16)22-14-10-6-7-11-15(14)25-13-8-4-3-5-9-13/h3-12,22H,1-2H3,(H2,20,21)(H,23,24). The van der Waals surface area contributed by atoms with Crippen LogP contribution in [0.15, 0.2) is 54.6 Å². The van der Waals surface area contributed by atoms with E-state index in [1.165, 1.54) is 0 Å². The van der Waals surface area contributed by atoms with Crippen LogP contribution in [0.4, 0.5) is 10.7 Å². The minimum Gasteiger partial charge on any atom is -0.492 e. The Kier molecular flexibility index (Phi) is 5.38. The summed E-state index contributed by atoms with van der Waals surface area (Å²) < 4.78 is 9.91. The van der Waals surface area contributed by atoms with Crippen LogP contribution in [-0.4, -0.2) is 21.4 Å². The fourth-order valence-electron chi connectivity index (χ4n) is 2.35. The van der Waals surface area contributed by atoms with Crippen LogP contribution in [0.25, 0.3) is 0 Å². The molecule has 0 amide bonds. The maximum Gasteiger partial charge on any atom is 0.236 e. The lowest BCUT2D eigenvalue weighted by molar-refractivity contribution is 0.458. The fraction of sp³-hybridized carbons (Fsp3) is 0.158. The van der Waals surface area contributed by atoms with Gasteiger partial charge in [0.05, 0.1) is 5.69 Å². The Morgan fingerprint density at radius 3 is 2.54 bits per heavy atom. The monoisotopic (exact) mass is 368 g/mol. The Bertz CT molecular complexity index is 894. The highest BCUT2D eigenvalue weighted by Gasteiger charge is 2.19. The molecule has 0 aliphatic heterocycles. The Morgan fingerprint density at radius 1 is 1.12 bits per heavy atom. The lowest BCUT2D eigenvalue weighted by atomic mass is 10.2. The van der Waals surface area contributed by atoms with E-state index in [1.54, 1.807) is 0 Å². The molecule has 0 saturated carbocycles. The summed E-state index contributed by atoms with van der Waals surface area (Å²) in [5, 5.41) is 25.0. The first-order valence-electron chi connectivity index (χ1n) is 8.17. The van der Waals surface area contributed by atoms with E-state index in [-0.39, 0.29) is 17.8 Å². The summed E-state index contributed by atoms with van der Waals surface area (Å²) in [6, 6.07) is 17.1. The highest BCUT2D eigenvalue weighted by molar-refractivity contribution is 7.11. The summed E-state index contributed by atoms with van der Waals surface area (Å²) in [5.41, 5.74) is 1.07. The zero-order chi connectivity index (χ0) is 18.5. The largest absolute Gasteiger partial charge is 0.492 e. The molecule has 2 aromatic carbocycles. The molecule has 0 saturated heterocycles. The average Bonchev–Trinajstić information content (AvgIpc) is 2.97. The quantitative estimate of drug-likeness (QED) is 0.374. The minimum absolute atomic E-state index is 0.0725. The molecule has 0 aliphatic rings. The zero-order valence-electron chi connectivity index (χ0n) is 14.5. The summed E-state index contributed by atoms with van der Waals surface area (Å²) in [4.78, 5) is 0. The molecule has 0 aliphatic carbocycles. The molecular weight excluding hydrogens is 348 g/mol. The van der Waals surface area contributed by atoms with Crippen LogP contribution in [0.2, 0.25) is 0 Å². The van der Waals surface area contributed by atoms with Crippen molar-refractivity contribution in [1.82, 2.24) is 9.69 Å². The van der Waals surface area contributed by atoms with Crippen LogP contribution in [0.3, 0.4) is 0 Å². The van der Waals surface area contributed by atoms with Gasteiger partial charge in [0.2, 0.25) is 5.88 Å². The molecule has 6 nitrogen and oxygen atoms in total. The first kappa shape index (κ1) is 17.8. The smallest absolute Gasteiger partial charge is 0.236 e. The summed E-state index contributed by atoms with van der Waals surface area (Å²) in [7, 11) is 0. The van der Waals surface area contributed by atoms with Crippen molar-refractivity contribution in [2.24, 2.45) is 0 Å². The number of hydrogen-bond donors (Lipinski definition) is 4. The molecular formula is C19H20N4O2S. The highest BCUT2D eigenvalue weighted by Crippen LogP contribution is 2.36. The van der Waals surface area contributed by atoms with E-state index in [2.05, 4.69) is 15.0 Å². The first-order valence-corrected chi connectivity index (χ1v) is 8.95. The number of aromatic hydroxyl groups is 1. The third kappa shape index (κ3) is 4.12. The molecule has 0 spiro atoms. The Balaban J connectivity index is 1.87. The lowest BCUT2D eigenvalue weighted by Crippen LogP contribution is -2.30. The van der Waals surface area contributed by atoms with Crippen molar-refractivity contribution in [3.63, 3.8) is 0 Å². The number of hydrogen-bond acceptors (Lipinski definition) is 6. The maximum absolute atomic E-state index is 10.0. The zero-order valence-corrected chi connectivity index (χ0v) is 15.3. The van der Waals surface area contributed by atoms with E-state index in [0.717, 1.165) is 23.0 Å². The van der Waals surface area contributed by atoms with E-state index in [9.17, 15) is 5.11 Å². The molecule has 0 bridgehead atoms. The molecule has 7 heteroatoms. The number of benzene rings is 2. The van der Waals surface area contributed by atoms with E-state index in [1.807, 2.05) is 68.4 Å². The summed E-state index contributed by atoms with van der Waals surface area (Å²) >= 11 is 1.09. The molecule has 0 atom stereocenters. The number of nitrogens with one attached hydrogen (secondary N) is 3. The van der Waals surface area contributed by atoms with Gasteiger partial charge in [0.25, 0.3) is 0 Å². The van der Waals surface area contributed by atoms with Crippen molar-refractivity contribution in [1.29, 1.82) is 5.41 Å². The van der Waals surface area contributed by atoms with Crippen LogP contribution in [0.5, 0.6) is 17.4 Å². The van der Waals surface area contributed by atoms with Gasteiger partial charge in [-0.1, -0.05) is 30.3 Å². The van der Waals surface area contributed by atoms with Crippen LogP contribution in [-0.2, 0) is 0 Å². The summed E-state index contributed by atoms with van der Waals surface area (Å²) in [6.45, 7) is 3.86. The van der Waals surface area contributed by atoms with Gasteiger partial charge in [0.1, 0.15) is 22.1 Å². The lowest BCUT2D eigenvalue weighted by Gasteiger charge is -2.14. The predicted octanol–water partition coefficient (Wildman–Crippen LogP) is 4.71. The summed E-state index contributed by atoms with van der Waals surface area (Å²) in [5.74, 6) is 1.32. The molecule has 134 valence electrons. The van der Waals surface area contributed by atoms with Gasteiger partial charge in [-0.15, -0.1) is 0 Å². The number of ether oxygens (including phenoxy) is 1. The number of aromatic nitrogens is 1. The van der Waals surface area contributed by atoms with Crippen molar-refractivity contribution in [2.75, 3.05) is 5.32 Å². The molecule has 1 heterocycles. The fourth-order valence-corrected chi connectivity index (χ4v) is 3.06. The molecule has 3 aromatic rings. The number of amidine groups is 1. The van der Waals surface area contributed by atoms with E-state index >= 15 is 0 Å². The molecule has 0 fully saturated rings. The van der Waals surface area contributed by atoms with Gasteiger partial charge in [0, 0.05) is 6.04 Å². The number of nitrogens with zero attached hydrogens (tertiary/aromatic N) is 1. The van der Waals surface area contributed by atoms with Crippen LogP contribution in [0.1, 0.15) is 19.4 Å². The summed E-state index contributed by atoms with van der Waals surface area (Å²) in [6.07, 6.45) is 0. The van der Waals surface area contributed by atoms with E-state index in [0.29, 0.717) is 16.3 Å². The van der Waals surface area contributed by atoms with Crippen molar-refractivity contribution < 1.29 is 9.84 Å². The van der Waals surface area contributed by atoms with Gasteiger partial charge >= 0.3 is 0 Å². The topological polar surface area (TPSA) is 90.3 Å². The van der Waals surface area contributed by atoms with E-state index in [4.69, 9.17) is 10.1 Å². The SMILES string of the molecule is CC(C)NC(=N)c1c(O)nsc1Nc1ccccc1Oc1ccccc1. The Labute approximate surface area is 156 Å². The van der Waals surface area contributed by atoms with Crippen LogP contribution < -0.4 is 15.4 Å².